The maximum Gasteiger partial charge on any atom is 0.416 e. The molecule has 4 amide bonds. The van der Waals surface area contributed by atoms with Crippen LogP contribution in [0.2, 0.25) is 0 Å². The van der Waals surface area contributed by atoms with Crippen molar-refractivity contribution in [3.63, 3.8) is 0 Å². The van der Waals surface area contributed by atoms with Gasteiger partial charge in [0.15, 0.2) is 0 Å². The molecule has 0 atom stereocenters. The summed E-state index contributed by atoms with van der Waals surface area (Å²) in [6.07, 6.45) is -2.62. The molecule has 0 spiro atoms. The molecule has 2 N–H and O–H groups in total. The van der Waals surface area contributed by atoms with Crippen molar-refractivity contribution in [1.82, 2.24) is 9.80 Å². The number of amides is 4. The molecule has 2 aromatic carbocycles. The Balaban J connectivity index is 1.28. The standard InChI is InChI=1S/C28H28F3N5O3S/c29-28(30,31)19-5-3-6-20(17-19)33-27(39)36-14-12-34(13-15-36)23-9-8-21(32-25(37)24-7-4-16-40-24)18-22(23)26(38)35-10-1-2-11-35/h3-9,16-18H,1-2,10-15H2,(H,32,37)(H,33,39). The van der Waals surface area contributed by atoms with Crippen LogP contribution in [0.25, 0.3) is 0 Å². The monoisotopic (exact) mass is 571 g/mol. The summed E-state index contributed by atoms with van der Waals surface area (Å²) in [7, 11) is 0. The van der Waals surface area contributed by atoms with Crippen LogP contribution in [-0.2, 0) is 6.18 Å². The van der Waals surface area contributed by atoms with E-state index in [9.17, 15) is 27.6 Å². The first-order valence-corrected chi connectivity index (χ1v) is 13.8. The van der Waals surface area contributed by atoms with E-state index >= 15 is 0 Å². The van der Waals surface area contributed by atoms with Crippen molar-refractivity contribution in [3.05, 3.63) is 76.0 Å². The summed E-state index contributed by atoms with van der Waals surface area (Å²) in [6.45, 7) is 2.84. The van der Waals surface area contributed by atoms with Crippen molar-refractivity contribution in [2.45, 2.75) is 19.0 Å². The Bertz CT molecular complexity index is 1380. The van der Waals surface area contributed by atoms with Gasteiger partial charge in [0, 0.05) is 56.3 Å². The van der Waals surface area contributed by atoms with Crippen LogP contribution in [0.4, 0.5) is 35.0 Å². The van der Waals surface area contributed by atoms with Gasteiger partial charge in [0.1, 0.15) is 0 Å². The minimum atomic E-state index is -4.50. The summed E-state index contributed by atoms with van der Waals surface area (Å²) in [5, 5.41) is 7.24. The highest BCUT2D eigenvalue weighted by Gasteiger charge is 2.31. The first-order chi connectivity index (χ1) is 19.2. The van der Waals surface area contributed by atoms with Gasteiger partial charge in [-0.1, -0.05) is 12.1 Å². The number of piperazine rings is 1. The van der Waals surface area contributed by atoms with Crippen LogP contribution in [0.1, 0.15) is 38.4 Å². The van der Waals surface area contributed by atoms with Crippen molar-refractivity contribution >= 4 is 46.2 Å². The largest absolute Gasteiger partial charge is 0.416 e. The molecule has 210 valence electrons. The number of nitrogens with one attached hydrogen (secondary N) is 2. The minimum absolute atomic E-state index is 0.0703. The average molecular weight is 572 g/mol. The molecule has 2 aliphatic heterocycles. The van der Waals surface area contributed by atoms with Gasteiger partial charge in [-0.15, -0.1) is 11.3 Å². The topological polar surface area (TPSA) is 85.0 Å². The molecule has 3 aromatic rings. The van der Waals surface area contributed by atoms with Crippen molar-refractivity contribution in [3.8, 4) is 0 Å². The van der Waals surface area contributed by atoms with Crippen LogP contribution in [-0.4, -0.2) is 66.9 Å². The van der Waals surface area contributed by atoms with Crippen molar-refractivity contribution < 1.29 is 27.6 Å². The summed E-state index contributed by atoms with van der Waals surface area (Å²) in [4.78, 5) is 44.8. The Morgan fingerprint density at radius 2 is 1.50 bits per heavy atom. The lowest BCUT2D eigenvalue weighted by Crippen LogP contribution is -2.50. The molecule has 2 saturated heterocycles. The van der Waals surface area contributed by atoms with E-state index in [1.165, 1.54) is 28.4 Å². The SMILES string of the molecule is O=C(Nc1ccc(N2CCN(C(=O)Nc3cccc(C(F)(F)F)c3)CC2)c(C(=O)N2CCCC2)c1)c1cccs1. The van der Waals surface area contributed by atoms with E-state index in [-0.39, 0.29) is 17.5 Å². The second kappa shape index (κ2) is 11.6. The number of thiophene rings is 1. The Kier molecular flexibility index (Phi) is 7.97. The number of benzene rings is 2. The fourth-order valence-corrected chi connectivity index (χ4v) is 5.50. The molecule has 12 heteroatoms. The number of urea groups is 1. The molecule has 1 aromatic heterocycles. The Hall–Kier alpha value is -4.06. The number of anilines is 3. The highest BCUT2D eigenvalue weighted by molar-refractivity contribution is 7.12. The van der Waals surface area contributed by atoms with Gasteiger partial charge in [-0.05, 0) is 60.7 Å². The Morgan fingerprint density at radius 1 is 0.775 bits per heavy atom. The molecule has 3 heterocycles. The van der Waals surface area contributed by atoms with Crippen LogP contribution in [0.3, 0.4) is 0 Å². The number of hydrogen-bond acceptors (Lipinski definition) is 5. The quantitative estimate of drug-likeness (QED) is 0.417. The number of alkyl halides is 3. The van der Waals surface area contributed by atoms with Gasteiger partial charge in [-0.2, -0.15) is 13.2 Å². The second-order valence-electron chi connectivity index (χ2n) is 9.65. The van der Waals surface area contributed by atoms with Gasteiger partial charge in [-0.3, -0.25) is 9.59 Å². The molecule has 0 bridgehead atoms. The first-order valence-electron chi connectivity index (χ1n) is 13.0. The predicted molar refractivity (Wildman–Crippen MR) is 148 cm³/mol. The number of halogens is 3. The normalized spacial score (nSPS) is 15.7. The van der Waals surface area contributed by atoms with Crippen LogP contribution in [0.15, 0.2) is 60.0 Å². The van der Waals surface area contributed by atoms with Crippen LogP contribution < -0.4 is 15.5 Å². The zero-order valence-electron chi connectivity index (χ0n) is 21.5. The smallest absolute Gasteiger partial charge is 0.367 e. The summed E-state index contributed by atoms with van der Waals surface area (Å²) in [5.41, 5.74) is 0.946. The van der Waals surface area contributed by atoms with Crippen LogP contribution in [0.5, 0.6) is 0 Å². The molecule has 0 aliphatic carbocycles. The first kappa shape index (κ1) is 27.5. The third-order valence-corrected chi connectivity index (χ3v) is 7.84. The number of nitrogens with zero attached hydrogens (tertiary/aromatic N) is 3. The Labute approximate surface area is 233 Å². The number of hydrogen-bond donors (Lipinski definition) is 2. The van der Waals surface area contributed by atoms with E-state index < -0.39 is 17.8 Å². The van der Waals surface area contributed by atoms with Crippen molar-refractivity contribution in [1.29, 1.82) is 0 Å². The molecule has 0 radical (unpaired) electrons. The van der Waals surface area contributed by atoms with Gasteiger partial charge >= 0.3 is 12.2 Å². The van der Waals surface area contributed by atoms with E-state index in [0.717, 1.165) is 25.0 Å². The van der Waals surface area contributed by atoms with Crippen LogP contribution >= 0.6 is 11.3 Å². The maximum atomic E-state index is 13.5. The van der Waals surface area contributed by atoms with E-state index in [1.807, 2.05) is 21.2 Å². The highest BCUT2D eigenvalue weighted by Crippen LogP contribution is 2.31. The number of carbonyl (C=O) groups excluding carboxylic acids is 3. The summed E-state index contributed by atoms with van der Waals surface area (Å²) < 4.78 is 39.1. The van der Waals surface area contributed by atoms with Gasteiger partial charge in [0.25, 0.3) is 11.8 Å². The molecular weight excluding hydrogens is 543 g/mol. The molecule has 0 saturated carbocycles. The lowest BCUT2D eigenvalue weighted by atomic mass is 10.1. The van der Waals surface area contributed by atoms with Gasteiger partial charge < -0.3 is 25.3 Å². The fourth-order valence-electron chi connectivity index (χ4n) is 4.88. The van der Waals surface area contributed by atoms with E-state index in [2.05, 4.69) is 10.6 Å². The Morgan fingerprint density at radius 3 is 2.17 bits per heavy atom. The number of rotatable bonds is 5. The molecule has 0 unspecified atom stereocenters. The maximum absolute atomic E-state index is 13.5. The molecule has 8 nitrogen and oxygen atoms in total. The number of likely N-dealkylation sites (tertiary alicyclic amines) is 1. The predicted octanol–water partition coefficient (Wildman–Crippen LogP) is 5.61. The van der Waals surface area contributed by atoms with E-state index in [1.54, 1.807) is 24.3 Å². The summed E-state index contributed by atoms with van der Waals surface area (Å²) in [5.74, 6) is -0.354. The minimum Gasteiger partial charge on any atom is -0.367 e. The van der Waals surface area contributed by atoms with Crippen LogP contribution in [0, 0.1) is 0 Å². The third-order valence-electron chi connectivity index (χ3n) is 6.97. The van der Waals surface area contributed by atoms with Crippen molar-refractivity contribution in [2.75, 3.05) is 54.8 Å². The average Bonchev–Trinajstić information content (AvgIpc) is 3.68. The molecule has 40 heavy (non-hydrogen) atoms. The summed E-state index contributed by atoms with van der Waals surface area (Å²) in [6, 6.07) is 12.8. The van der Waals surface area contributed by atoms with Gasteiger partial charge in [0.05, 0.1) is 16.0 Å². The third kappa shape index (κ3) is 6.22. The molecule has 2 fully saturated rings. The lowest BCUT2D eigenvalue weighted by Gasteiger charge is -2.37. The lowest BCUT2D eigenvalue weighted by molar-refractivity contribution is -0.137. The zero-order valence-corrected chi connectivity index (χ0v) is 22.4. The molecular formula is C28H28F3N5O3S. The number of carbonyl (C=O) groups is 3. The van der Waals surface area contributed by atoms with E-state index in [0.29, 0.717) is 61.1 Å². The van der Waals surface area contributed by atoms with Crippen molar-refractivity contribution in [2.24, 2.45) is 0 Å². The zero-order chi connectivity index (χ0) is 28.3. The van der Waals surface area contributed by atoms with E-state index in [4.69, 9.17) is 0 Å². The fraction of sp³-hybridized carbons (Fsp3) is 0.321. The highest BCUT2D eigenvalue weighted by atomic mass is 32.1. The molecule has 5 rings (SSSR count). The van der Waals surface area contributed by atoms with Gasteiger partial charge in [0.2, 0.25) is 0 Å². The second-order valence-corrected chi connectivity index (χ2v) is 10.6. The molecule has 2 aliphatic rings. The van der Waals surface area contributed by atoms with Gasteiger partial charge in [-0.25, -0.2) is 4.79 Å². The summed E-state index contributed by atoms with van der Waals surface area (Å²) >= 11 is 1.33.